The lowest BCUT2D eigenvalue weighted by Crippen LogP contribution is -2.24. The normalized spacial score (nSPS) is 14.7. The Kier molecular flexibility index (Phi) is 5.89. The Hall–Kier alpha value is -3.19. The van der Waals surface area contributed by atoms with Crippen LogP contribution in [0.2, 0.25) is 0 Å². The minimum Gasteiger partial charge on any atom is -0.478 e. The molecule has 0 radical (unpaired) electrons. The number of imidazole rings is 1. The average molecular weight is 446 g/mol. The average Bonchev–Trinajstić information content (AvgIpc) is 3.44. The lowest BCUT2D eigenvalue weighted by molar-refractivity contribution is 0.273. The predicted octanol–water partition coefficient (Wildman–Crippen LogP) is 4.40. The molecule has 7 nitrogen and oxygen atoms in total. The molecule has 1 saturated carbocycles. The zero-order valence-corrected chi connectivity index (χ0v) is 19.6. The summed E-state index contributed by atoms with van der Waals surface area (Å²) in [6.07, 6.45) is 9.11. The van der Waals surface area contributed by atoms with Crippen molar-refractivity contribution in [2.75, 3.05) is 27.2 Å². The molecule has 0 bridgehead atoms. The zero-order valence-electron chi connectivity index (χ0n) is 19.6. The third-order valence-corrected chi connectivity index (χ3v) is 6.67. The van der Waals surface area contributed by atoms with Crippen LogP contribution < -0.4 is 10.4 Å². The van der Waals surface area contributed by atoms with Gasteiger partial charge in [0.25, 0.3) is 0 Å². The number of ether oxygens (including phenoxy) is 1. The first-order valence-corrected chi connectivity index (χ1v) is 11.8. The molecule has 7 heteroatoms. The van der Waals surface area contributed by atoms with Gasteiger partial charge in [0.15, 0.2) is 0 Å². The Balaban J connectivity index is 1.51. The zero-order chi connectivity index (χ0) is 22.9. The number of aryl methyl sites for hydroxylation is 1. The molecule has 1 aliphatic carbocycles. The number of rotatable bonds is 7. The smallest absolute Gasteiger partial charge is 0.329 e. The van der Waals surface area contributed by atoms with E-state index in [1.807, 2.05) is 42.2 Å². The van der Waals surface area contributed by atoms with E-state index in [1.165, 1.54) is 12.8 Å². The SMILES string of the molecule is CN(C)CCCOc1ccc(-c2ccc3ncc4c(c3c2)n(C2CCCC2)c(=O)n4C)cn1. The van der Waals surface area contributed by atoms with E-state index in [9.17, 15) is 4.79 Å². The Labute approximate surface area is 193 Å². The van der Waals surface area contributed by atoms with E-state index in [0.29, 0.717) is 12.5 Å². The van der Waals surface area contributed by atoms with Gasteiger partial charge < -0.3 is 9.64 Å². The summed E-state index contributed by atoms with van der Waals surface area (Å²) in [6, 6.07) is 10.5. The van der Waals surface area contributed by atoms with Gasteiger partial charge in [0, 0.05) is 42.8 Å². The Morgan fingerprint density at radius 3 is 2.58 bits per heavy atom. The maximum Gasteiger partial charge on any atom is 0.329 e. The summed E-state index contributed by atoms with van der Waals surface area (Å²) in [5.74, 6) is 0.639. The third kappa shape index (κ3) is 4.13. The summed E-state index contributed by atoms with van der Waals surface area (Å²) in [5, 5.41) is 1.01. The first kappa shape index (κ1) is 21.6. The van der Waals surface area contributed by atoms with Crippen LogP contribution in [0.5, 0.6) is 5.88 Å². The first-order valence-electron chi connectivity index (χ1n) is 11.8. The molecule has 1 aromatic carbocycles. The van der Waals surface area contributed by atoms with Gasteiger partial charge in [0.2, 0.25) is 5.88 Å². The lowest BCUT2D eigenvalue weighted by atomic mass is 10.0. The standard InChI is InChI=1S/C26H31N5O2/c1-29(2)13-6-14-33-24-12-10-19(16-28-24)18-9-11-22-21(15-18)25-23(17-27-22)30(3)26(32)31(25)20-7-4-5-8-20/h9-12,15-17,20H,4-8,13-14H2,1-3H3. The minimum absolute atomic E-state index is 0.0500. The van der Waals surface area contributed by atoms with Crippen molar-refractivity contribution in [1.29, 1.82) is 0 Å². The van der Waals surface area contributed by atoms with Crippen LogP contribution in [-0.2, 0) is 7.05 Å². The van der Waals surface area contributed by atoms with Gasteiger partial charge in [0.1, 0.15) is 0 Å². The molecule has 4 aromatic rings. The molecule has 0 N–H and O–H groups in total. The number of aromatic nitrogens is 4. The van der Waals surface area contributed by atoms with Gasteiger partial charge in [0.05, 0.1) is 29.4 Å². The van der Waals surface area contributed by atoms with Gasteiger partial charge >= 0.3 is 5.69 Å². The predicted molar refractivity (Wildman–Crippen MR) is 132 cm³/mol. The summed E-state index contributed by atoms with van der Waals surface area (Å²) in [6.45, 7) is 1.64. The number of benzene rings is 1. The second-order valence-corrected chi connectivity index (χ2v) is 9.26. The van der Waals surface area contributed by atoms with Gasteiger partial charge in [-0.05, 0) is 57.1 Å². The van der Waals surface area contributed by atoms with E-state index in [1.54, 1.807) is 4.57 Å². The van der Waals surface area contributed by atoms with E-state index < -0.39 is 0 Å². The number of fused-ring (bicyclic) bond motifs is 3. The minimum atomic E-state index is 0.0500. The van der Waals surface area contributed by atoms with Crippen LogP contribution in [0.25, 0.3) is 33.1 Å². The molecule has 3 heterocycles. The molecule has 1 aliphatic rings. The molecule has 0 atom stereocenters. The summed E-state index contributed by atoms with van der Waals surface area (Å²) in [4.78, 5) is 24.4. The number of pyridine rings is 2. The van der Waals surface area contributed by atoms with E-state index in [4.69, 9.17) is 4.74 Å². The van der Waals surface area contributed by atoms with Crippen LogP contribution in [0.15, 0.2) is 47.5 Å². The largest absolute Gasteiger partial charge is 0.478 e. The molecule has 0 amide bonds. The third-order valence-electron chi connectivity index (χ3n) is 6.67. The summed E-state index contributed by atoms with van der Waals surface area (Å²) >= 11 is 0. The van der Waals surface area contributed by atoms with E-state index >= 15 is 0 Å². The van der Waals surface area contributed by atoms with Gasteiger partial charge in [-0.25, -0.2) is 9.78 Å². The molecular weight excluding hydrogens is 414 g/mol. The monoisotopic (exact) mass is 445 g/mol. The van der Waals surface area contributed by atoms with Gasteiger partial charge in [-0.3, -0.25) is 14.1 Å². The quantitative estimate of drug-likeness (QED) is 0.395. The summed E-state index contributed by atoms with van der Waals surface area (Å²) in [5.41, 5.74) is 4.90. The van der Waals surface area contributed by atoms with Crippen LogP contribution in [0.3, 0.4) is 0 Å². The van der Waals surface area contributed by atoms with Crippen molar-refractivity contribution in [2.45, 2.75) is 38.1 Å². The molecule has 0 saturated heterocycles. The number of nitrogens with zero attached hydrogens (tertiary/aromatic N) is 5. The van der Waals surface area contributed by atoms with Crippen molar-refractivity contribution in [1.82, 2.24) is 24.0 Å². The van der Waals surface area contributed by atoms with Gasteiger partial charge in [-0.1, -0.05) is 18.9 Å². The molecule has 0 aliphatic heterocycles. The van der Waals surface area contributed by atoms with E-state index in [0.717, 1.165) is 58.9 Å². The number of hydrogen-bond donors (Lipinski definition) is 0. The molecule has 5 rings (SSSR count). The van der Waals surface area contributed by atoms with Crippen LogP contribution in [0.1, 0.15) is 38.1 Å². The molecule has 33 heavy (non-hydrogen) atoms. The van der Waals surface area contributed by atoms with Crippen LogP contribution in [0.4, 0.5) is 0 Å². The fourth-order valence-electron chi connectivity index (χ4n) is 4.90. The Morgan fingerprint density at radius 2 is 1.85 bits per heavy atom. The highest BCUT2D eigenvalue weighted by Crippen LogP contribution is 2.34. The fraction of sp³-hybridized carbons (Fsp3) is 0.423. The summed E-state index contributed by atoms with van der Waals surface area (Å²) < 4.78 is 9.52. The van der Waals surface area contributed by atoms with E-state index in [2.05, 4.69) is 41.1 Å². The van der Waals surface area contributed by atoms with Crippen molar-refractivity contribution in [3.05, 3.63) is 53.2 Å². The highest BCUT2D eigenvalue weighted by molar-refractivity contribution is 6.04. The van der Waals surface area contributed by atoms with Crippen molar-refractivity contribution in [3.8, 4) is 17.0 Å². The van der Waals surface area contributed by atoms with Crippen molar-refractivity contribution in [2.24, 2.45) is 7.05 Å². The van der Waals surface area contributed by atoms with Crippen molar-refractivity contribution < 1.29 is 4.74 Å². The number of hydrogen-bond acceptors (Lipinski definition) is 5. The maximum absolute atomic E-state index is 13.1. The topological polar surface area (TPSA) is 65.2 Å². The van der Waals surface area contributed by atoms with Crippen molar-refractivity contribution in [3.63, 3.8) is 0 Å². The second kappa shape index (κ2) is 8.98. The Morgan fingerprint density at radius 1 is 1.06 bits per heavy atom. The van der Waals surface area contributed by atoms with Gasteiger partial charge in [-0.15, -0.1) is 0 Å². The molecule has 172 valence electrons. The lowest BCUT2D eigenvalue weighted by Gasteiger charge is -2.13. The summed E-state index contributed by atoms with van der Waals surface area (Å²) in [7, 11) is 5.96. The molecular formula is C26H31N5O2. The first-order chi connectivity index (χ1) is 16.0. The second-order valence-electron chi connectivity index (χ2n) is 9.26. The maximum atomic E-state index is 13.1. The molecule has 0 unspecified atom stereocenters. The van der Waals surface area contributed by atoms with E-state index in [-0.39, 0.29) is 11.7 Å². The molecule has 1 fully saturated rings. The Bertz CT molecular complexity index is 1330. The molecule has 0 spiro atoms. The van der Waals surface area contributed by atoms with Gasteiger partial charge in [-0.2, -0.15) is 0 Å². The highest BCUT2D eigenvalue weighted by atomic mass is 16.5. The highest BCUT2D eigenvalue weighted by Gasteiger charge is 2.24. The fourth-order valence-corrected chi connectivity index (χ4v) is 4.90. The van der Waals surface area contributed by atoms with Crippen molar-refractivity contribution >= 4 is 21.9 Å². The van der Waals surface area contributed by atoms with Crippen LogP contribution in [0, 0.1) is 0 Å². The van der Waals surface area contributed by atoms with Crippen LogP contribution in [-0.4, -0.2) is 51.2 Å². The van der Waals surface area contributed by atoms with Crippen LogP contribution >= 0.6 is 0 Å². The molecule has 3 aromatic heterocycles.